The van der Waals surface area contributed by atoms with E-state index in [0.717, 1.165) is 32.1 Å². The van der Waals surface area contributed by atoms with Gasteiger partial charge < -0.3 is 4.74 Å². The third-order valence-electron chi connectivity index (χ3n) is 5.46. The number of esters is 1. The van der Waals surface area contributed by atoms with Crippen molar-refractivity contribution < 1.29 is 9.53 Å². The van der Waals surface area contributed by atoms with E-state index in [1.54, 1.807) is 0 Å². The molecular formula is C27H38O2. The number of hydrogen-bond donors (Lipinski definition) is 0. The van der Waals surface area contributed by atoms with E-state index in [-0.39, 0.29) is 12.1 Å². The molecule has 0 atom stereocenters. The van der Waals surface area contributed by atoms with Gasteiger partial charge in [0.15, 0.2) is 0 Å². The molecule has 0 radical (unpaired) electrons. The second kappa shape index (κ2) is 11.8. The van der Waals surface area contributed by atoms with Crippen molar-refractivity contribution in [3.63, 3.8) is 0 Å². The van der Waals surface area contributed by atoms with Crippen LogP contribution in [-0.2, 0) is 9.53 Å². The van der Waals surface area contributed by atoms with E-state index in [1.165, 1.54) is 16.7 Å². The van der Waals surface area contributed by atoms with Crippen molar-refractivity contribution in [2.75, 3.05) is 0 Å². The Morgan fingerprint density at radius 1 is 1.14 bits per heavy atom. The normalized spacial score (nSPS) is 23.2. The Bertz CT molecular complexity index is 705. The fourth-order valence-corrected chi connectivity index (χ4v) is 3.91. The summed E-state index contributed by atoms with van der Waals surface area (Å²) in [6, 6.07) is 0. The maximum atomic E-state index is 11.9. The Balaban J connectivity index is 1.93. The molecule has 2 aliphatic carbocycles. The molecule has 0 spiro atoms. The van der Waals surface area contributed by atoms with Crippen LogP contribution in [0.15, 0.2) is 71.9 Å². The highest BCUT2D eigenvalue weighted by Gasteiger charge is 2.25. The molecule has 0 heterocycles. The van der Waals surface area contributed by atoms with Crippen LogP contribution in [0, 0.1) is 17.8 Å². The predicted molar refractivity (Wildman–Crippen MR) is 123 cm³/mol. The molecule has 0 saturated heterocycles. The van der Waals surface area contributed by atoms with Crippen LogP contribution in [0.5, 0.6) is 0 Å². The smallest absolute Gasteiger partial charge is 0.306 e. The summed E-state index contributed by atoms with van der Waals surface area (Å²) in [6.07, 6.45) is 23.2. The first-order valence-electron chi connectivity index (χ1n) is 11.2. The first-order valence-corrected chi connectivity index (χ1v) is 11.2. The summed E-state index contributed by atoms with van der Waals surface area (Å²) in [5.74, 6) is 1.41. The predicted octanol–water partition coefficient (Wildman–Crippen LogP) is 7.27. The molecule has 29 heavy (non-hydrogen) atoms. The van der Waals surface area contributed by atoms with Crippen LogP contribution in [0.3, 0.4) is 0 Å². The van der Waals surface area contributed by atoms with Gasteiger partial charge in [-0.1, -0.05) is 82.9 Å². The number of carbonyl (C=O) groups is 1. The van der Waals surface area contributed by atoms with Crippen molar-refractivity contribution in [3.05, 3.63) is 71.9 Å². The summed E-state index contributed by atoms with van der Waals surface area (Å²) in [4.78, 5) is 11.9. The fraction of sp³-hybridized carbons (Fsp3) is 0.519. The van der Waals surface area contributed by atoms with Crippen LogP contribution >= 0.6 is 0 Å². The van der Waals surface area contributed by atoms with Crippen molar-refractivity contribution in [2.24, 2.45) is 17.8 Å². The third-order valence-corrected chi connectivity index (χ3v) is 5.46. The Labute approximate surface area is 177 Å². The minimum Gasteiger partial charge on any atom is -0.462 e. The number of carbonyl (C=O) groups excluding carboxylic acids is 1. The van der Waals surface area contributed by atoms with Crippen LogP contribution in [0.25, 0.3) is 0 Å². The van der Waals surface area contributed by atoms with Crippen LogP contribution < -0.4 is 0 Å². The Morgan fingerprint density at radius 3 is 2.48 bits per heavy atom. The second-order valence-electron chi connectivity index (χ2n) is 8.95. The summed E-state index contributed by atoms with van der Waals surface area (Å²) >= 11 is 0. The average molecular weight is 395 g/mol. The molecular weight excluding hydrogens is 356 g/mol. The quantitative estimate of drug-likeness (QED) is 0.319. The minimum absolute atomic E-state index is 0.0399. The molecule has 2 aliphatic rings. The van der Waals surface area contributed by atoms with E-state index in [2.05, 4.69) is 76.8 Å². The third kappa shape index (κ3) is 8.04. The van der Waals surface area contributed by atoms with Crippen molar-refractivity contribution >= 4 is 5.97 Å². The summed E-state index contributed by atoms with van der Waals surface area (Å²) in [7, 11) is 0. The monoisotopic (exact) mass is 394 g/mol. The number of ether oxygens (including phenoxy) is 1. The molecule has 0 N–H and O–H groups in total. The summed E-state index contributed by atoms with van der Waals surface area (Å²) in [6.45, 7) is 12.4. The van der Waals surface area contributed by atoms with Gasteiger partial charge in [0.1, 0.15) is 6.10 Å². The molecule has 1 fully saturated rings. The first-order chi connectivity index (χ1) is 13.9. The molecule has 0 amide bonds. The maximum absolute atomic E-state index is 11.9. The van der Waals surface area contributed by atoms with E-state index in [0.29, 0.717) is 24.2 Å². The van der Waals surface area contributed by atoms with Gasteiger partial charge in [-0.05, 0) is 66.6 Å². The van der Waals surface area contributed by atoms with Crippen LogP contribution in [0.2, 0.25) is 0 Å². The van der Waals surface area contributed by atoms with E-state index in [9.17, 15) is 4.79 Å². The molecule has 0 aliphatic heterocycles. The van der Waals surface area contributed by atoms with E-state index >= 15 is 0 Å². The number of allylic oxidation sites excluding steroid dienone is 11. The van der Waals surface area contributed by atoms with Gasteiger partial charge in [-0.25, -0.2) is 0 Å². The average Bonchev–Trinajstić information content (AvgIpc) is 2.91. The van der Waals surface area contributed by atoms with E-state index in [1.807, 2.05) is 6.08 Å². The largest absolute Gasteiger partial charge is 0.462 e. The molecule has 0 aromatic heterocycles. The number of hydrogen-bond acceptors (Lipinski definition) is 2. The number of rotatable bonds is 8. The maximum Gasteiger partial charge on any atom is 0.306 e. The zero-order valence-corrected chi connectivity index (χ0v) is 18.7. The van der Waals surface area contributed by atoms with Crippen molar-refractivity contribution in [3.8, 4) is 0 Å². The standard InChI is InChI=1S/C27H38O2/c1-6-8-22(12-11-20(2)3)23-9-7-10-24(14-13-23)25-15-17-26(18-16-25)29-27(28)19-21(4)5/h6,8-14,20-21,25-26H,1,7,15-19H2,2-5H3/b12-11-,22-8+. The van der Waals surface area contributed by atoms with Crippen molar-refractivity contribution in [1.82, 2.24) is 0 Å². The molecule has 2 heteroatoms. The van der Waals surface area contributed by atoms with Gasteiger partial charge in [-0.15, -0.1) is 0 Å². The Hall–Kier alpha value is -2.09. The van der Waals surface area contributed by atoms with Gasteiger partial charge >= 0.3 is 5.97 Å². The van der Waals surface area contributed by atoms with Gasteiger partial charge in [0, 0.05) is 6.42 Å². The van der Waals surface area contributed by atoms with Crippen molar-refractivity contribution in [1.29, 1.82) is 0 Å². The highest BCUT2D eigenvalue weighted by Crippen LogP contribution is 2.34. The van der Waals surface area contributed by atoms with Gasteiger partial charge in [0.05, 0.1) is 0 Å². The SMILES string of the molecule is C=C/C=C(\C=C/C(C)C)C1=CCC=C(C2CCC(OC(=O)CC(C)C)CC2)C=C1. The molecule has 2 nitrogen and oxygen atoms in total. The van der Waals surface area contributed by atoms with Crippen LogP contribution in [0.1, 0.15) is 66.2 Å². The van der Waals surface area contributed by atoms with Gasteiger partial charge in [0.25, 0.3) is 0 Å². The summed E-state index contributed by atoms with van der Waals surface area (Å²) in [5, 5.41) is 0. The molecule has 1 saturated carbocycles. The molecule has 0 aromatic rings. The second-order valence-corrected chi connectivity index (χ2v) is 8.95. The molecule has 2 rings (SSSR count). The highest BCUT2D eigenvalue weighted by atomic mass is 16.5. The molecule has 0 aromatic carbocycles. The van der Waals surface area contributed by atoms with E-state index in [4.69, 9.17) is 4.74 Å². The lowest BCUT2D eigenvalue weighted by Gasteiger charge is -2.29. The molecule has 0 bridgehead atoms. The molecule has 0 unspecified atom stereocenters. The molecule has 158 valence electrons. The topological polar surface area (TPSA) is 26.3 Å². The van der Waals surface area contributed by atoms with Crippen molar-refractivity contribution in [2.45, 2.75) is 72.3 Å². The zero-order valence-electron chi connectivity index (χ0n) is 18.7. The van der Waals surface area contributed by atoms with E-state index < -0.39 is 0 Å². The minimum atomic E-state index is -0.0399. The first kappa shape index (κ1) is 23.2. The van der Waals surface area contributed by atoms with Gasteiger partial charge in [0.2, 0.25) is 0 Å². The van der Waals surface area contributed by atoms with Gasteiger partial charge in [-0.2, -0.15) is 0 Å². The van der Waals surface area contributed by atoms with Gasteiger partial charge in [-0.3, -0.25) is 4.79 Å². The lowest BCUT2D eigenvalue weighted by Crippen LogP contribution is -2.25. The van der Waals surface area contributed by atoms with Crippen LogP contribution in [0.4, 0.5) is 0 Å². The lowest BCUT2D eigenvalue weighted by molar-refractivity contribution is -0.151. The lowest BCUT2D eigenvalue weighted by atomic mass is 9.82. The van der Waals surface area contributed by atoms with Crippen LogP contribution in [-0.4, -0.2) is 12.1 Å². The zero-order chi connectivity index (χ0) is 21.2. The summed E-state index contributed by atoms with van der Waals surface area (Å²) < 4.78 is 5.67. The Morgan fingerprint density at radius 2 is 1.86 bits per heavy atom. The fourth-order valence-electron chi connectivity index (χ4n) is 3.91. The summed E-state index contributed by atoms with van der Waals surface area (Å²) in [5.41, 5.74) is 3.89. The highest BCUT2D eigenvalue weighted by molar-refractivity contribution is 5.69. The Kier molecular flexibility index (Phi) is 9.44.